The van der Waals surface area contributed by atoms with Crippen molar-refractivity contribution < 1.29 is 9.53 Å². The first-order chi connectivity index (χ1) is 7.72. The number of esters is 1. The third kappa shape index (κ3) is 1.84. The molecule has 0 aliphatic rings. The third-order valence-electron chi connectivity index (χ3n) is 2.50. The molecule has 0 aliphatic carbocycles. The maximum Gasteiger partial charge on any atom is 0.331 e. The Hall–Kier alpha value is -2.03. The Kier molecular flexibility index (Phi) is 2.77. The lowest BCUT2D eigenvalue weighted by Gasteiger charge is -2.00. The van der Waals surface area contributed by atoms with Crippen LogP contribution in [-0.4, -0.2) is 17.6 Å². The molecule has 0 aliphatic heterocycles. The Labute approximate surface area is 93.9 Å². The quantitative estimate of drug-likeness (QED) is 0.569. The van der Waals surface area contributed by atoms with Crippen LogP contribution in [0.3, 0.4) is 0 Å². The number of aromatic nitrogens is 1. The van der Waals surface area contributed by atoms with Gasteiger partial charge < -0.3 is 9.30 Å². The van der Waals surface area contributed by atoms with E-state index < -0.39 is 0 Å². The zero-order valence-corrected chi connectivity index (χ0v) is 9.31. The summed E-state index contributed by atoms with van der Waals surface area (Å²) in [5.74, 6) is -0.350. The van der Waals surface area contributed by atoms with E-state index in [9.17, 15) is 4.79 Å². The minimum atomic E-state index is -0.350. The minimum absolute atomic E-state index is 0.350. The highest BCUT2D eigenvalue weighted by Crippen LogP contribution is 2.19. The number of aryl methyl sites for hydroxylation is 1. The molecule has 1 aromatic heterocycles. The van der Waals surface area contributed by atoms with Gasteiger partial charge in [-0.2, -0.15) is 0 Å². The van der Waals surface area contributed by atoms with Crippen molar-refractivity contribution in [3.8, 4) is 0 Å². The summed E-state index contributed by atoms with van der Waals surface area (Å²) in [6.45, 7) is 2.00. The van der Waals surface area contributed by atoms with Crippen LogP contribution in [0.1, 0.15) is 5.69 Å². The van der Waals surface area contributed by atoms with Gasteiger partial charge in [-0.25, -0.2) is 4.79 Å². The molecule has 0 saturated heterocycles. The van der Waals surface area contributed by atoms with Crippen LogP contribution in [0.2, 0.25) is 0 Å². The van der Waals surface area contributed by atoms with Crippen LogP contribution in [0.5, 0.6) is 0 Å². The number of methoxy groups -OCH3 is 1. The van der Waals surface area contributed by atoms with Gasteiger partial charge in [0, 0.05) is 23.4 Å². The van der Waals surface area contributed by atoms with E-state index in [2.05, 4.69) is 10.8 Å². The Morgan fingerprint density at radius 1 is 1.38 bits per heavy atom. The summed E-state index contributed by atoms with van der Waals surface area (Å²) in [5, 5.41) is 1.16. The van der Waals surface area contributed by atoms with Crippen molar-refractivity contribution in [2.24, 2.45) is 0 Å². The van der Waals surface area contributed by atoms with E-state index in [1.165, 1.54) is 13.2 Å². The number of ether oxygens (including phenoxy) is 1. The summed E-state index contributed by atoms with van der Waals surface area (Å²) in [6, 6.07) is 10.1. The van der Waals surface area contributed by atoms with E-state index in [1.807, 2.05) is 35.8 Å². The molecular weight excluding hydrogens is 202 g/mol. The predicted octanol–water partition coefficient (Wildman–Crippen LogP) is 2.59. The molecule has 2 aromatic rings. The Morgan fingerprint density at radius 3 is 2.88 bits per heavy atom. The monoisotopic (exact) mass is 215 g/mol. The van der Waals surface area contributed by atoms with Crippen molar-refractivity contribution in [1.82, 2.24) is 4.57 Å². The number of nitrogens with zero attached hydrogens (tertiary/aromatic N) is 1. The minimum Gasteiger partial charge on any atom is -0.466 e. The van der Waals surface area contributed by atoms with E-state index in [4.69, 9.17) is 0 Å². The highest BCUT2D eigenvalue weighted by molar-refractivity contribution is 5.88. The fourth-order valence-corrected chi connectivity index (χ4v) is 1.71. The molecule has 16 heavy (non-hydrogen) atoms. The number of carbonyl (C=O) groups is 1. The molecule has 0 unspecified atom stereocenters. The predicted molar refractivity (Wildman–Crippen MR) is 64.0 cm³/mol. The normalized spacial score (nSPS) is 11.1. The van der Waals surface area contributed by atoms with Crippen LogP contribution in [0.15, 0.2) is 36.4 Å². The van der Waals surface area contributed by atoms with Crippen LogP contribution in [0, 0.1) is 6.92 Å². The lowest BCUT2D eigenvalue weighted by atomic mass is 10.2. The van der Waals surface area contributed by atoms with Crippen molar-refractivity contribution in [3.63, 3.8) is 0 Å². The highest BCUT2D eigenvalue weighted by atomic mass is 16.5. The van der Waals surface area contributed by atoms with Gasteiger partial charge in [-0.1, -0.05) is 18.2 Å². The summed E-state index contributed by atoms with van der Waals surface area (Å²) in [4.78, 5) is 11.0. The molecule has 0 spiro atoms. The number of rotatable bonds is 2. The number of fused-ring (bicyclic) bond motifs is 1. The Morgan fingerprint density at radius 2 is 2.12 bits per heavy atom. The van der Waals surface area contributed by atoms with Crippen molar-refractivity contribution >= 4 is 23.1 Å². The van der Waals surface area contributed by atoms with E-state index in [0.717, 1.165) is 16.6 Å². The first kappa shape index (κ1) is 10.5. The summed E-state index contributed by atoms with van der Waals surface area (Å²) in [6.07, 6.45) is 3.14. The molecule has 0 amide bonds. The molecule has 0 bridgehead atoms. The SMILES string of the molecule is COC(=O)/C=C/n1c(C)cc2ccccc21. The lowest BCUT2D eigenvalue weighted by Crippen LogP contribution is -1.96. The van der Waals surface area contributed by atoms with Crippen LogP contribution in [-0.2, 0) is 9.53 Å². The van der Waals surface area contributed by atoms with Crippen LogP contribution in [0.25, 0.3) is 17.1 Å². The molecule has 82 valence electrons. The molecule has 0 atom stereocenters. The molecule has 0 fully saturated rings. The van der Waals surface area contributed by atoms with Gasteiger partial charge in [0.05, 0.1) is 12.6 Å². The average molecular weight is 215 g/mol. The summed E-state index contributed by atoms with van der Waals surface area (Å²) in [7, 11) is 1.37. The molecule has 0 radical (unpaired) electrons. The van der Waals surface area contributed by atoms with Crippen LogP contribution < -0.4 is 0 Å². The molecule has 1 aromatic carbocycles. The number of hydrogen-bond acceptors (Lipinski definition) is 2. The third-order valence-corrected chi connectivity index (χ3v) is 2.50. The van der Waals surface area contributed by atoms with E-state index >= 15 is 0 Å². The molecule has 0 saturated carbocycles. The fourth-order valence-electron chi connectivity index (χ4n) is 1.71. The van der Waals surface area contributed by atoms with E-state index in [1.54, 1.807) is 6.20 Å². The summed E-state index contributed by atoms with van der Waals surface area (Å²) < 4.78 is 6.53. The number of hydrogen-bond donors (Lipinski definition) is 0. The number of benzene rings is 1. The van der Waals surface area contributed by atoms with Gasteiger partial charge in [0.25, 0.3) is 0 Å². The number of para-hydroxylation sites is 1. The molecular formula is C13H13NO2. The second kappa shape index (κ2) is 4.23. The standard InChI is InChI=1S/C13H13NO2/c1-10-9-11-5-3-4-6-12(11)14(10)8-7-13(15)16-2/h3-9H,1-2H3/b8-7+. The Bertz CT molecular complexity index is 552. The van der Waals surface area contributed by atoms with Crippen LogP contribution in [0.4, 0.5) is 0 Å². The fraction of sp³-hybridized carbons (Fsp3) is 0.154. The van der Waals surface area contributed by atoms with Crippen LogP contribution >= 0.6 is 0 Å². The van der Waals surface area contributed by atoms with Crippen molar-refractivity contribution in [1.29, 1.82) is 0 Å². The lowest BCUT2D eigenvalue weighted by molar-refractivity contribution is -0.134. The van der Waals surface area contributed by atoms with E-state index in [0.29, 0.717) is 0 Å². The van der Waals surface area contributed by atoms with Gasteiger partial charge in [0.2, 0.25) is 0 Å². The van der Waals surface area contributed by atoms with Gasteiger partial charge in [-0.3, -0.25) is 0 Å². The van der Waals surface area contributed by atoms with Crippen molar-refractivity contribution in [2.75, 3.05) is 7.11 Å². The number of carbonyl (C=O) groups excluding carboxylic acids is 1. The summed E-state index contributed by atoms with van der Waals surface area (Å²) in [5.41, 5.74) is 2.17. The largest absolute Gasteiger partial charge is 0.466 e. The molecule has 0 N–H and O–H groups in total. The first-order valence-electron chi connectivity index (χ1n) is 5.05. The van der Waals surface area contributed by atoms with Crippen molar-refractivity contribution in [2.45, 2.75) is 6.92 Å². The van der Waals surface area contributed by atoms with Gasteiger partial charge in [0.1, 0.15) is 0 Å². The summed E-state index contributed by atoms with van der Waals surface area (Å²) >= 11 is 0. The highest BCUT2D eigenvalue weighted by Gasteiger charge is 2.02. The van der Waals surface area contributed by atoms with Gasteiger partial charge in [-0.05, 0) is 19.1 Å². The molecule has 3 heteroatoms. The topological polar surface area (TPSA) is 31.2 Å². The second-order valence-corrected chi connectivity index (χ2v) is 3.55. The average Bonchev–Trinajstić information content (AvgIpc) is 2.62. The van der Waals surface area contributed by atoms with Gasteiger partial charge in [-0.15, -0.1) is 0 Å². The maximum atomic E-state index is 11.0. The smallest absolute Gasteiger partial charge is 0.331 e. The second-order valence-electron chi connectivity index (χ2n) is 3.55. The van der Waals surface area contributed by atoms with Gasteiger partial charge >= 0.3 is 5.97 Å². The molecule has 2 rings (SSSR count). The molecule has 1 heterocycles. The van der Waals surface area contributed by atoms with Gasteiger partial charge in [0.15, 0.2) is 0 Å². The van der Waals surface area contributed by atoms with Crippen molar-refractivity contribution in [3.05, 3.63) is 42.1 Å². The first-order valence-corrected chi connectivity index (χ1v) is 5.05. The van der Waals surface area contributed by atoms with E-state index in [-0.39, 0.29) is 5.97 Å². The molecule has 3 nitrogen and oxygen atoms in total. The maximum absolute atomic E-state index is 11.0. The zero-order valence-electron chi connectivity index (χ0n) is 9.31. The Balaban J connectivity index is 2.47. The zero-order chi connectivity index (χ0) is 11.5.